The average Bonchev–Trinajstić information content (AvgIpc) is 2.86. The lowest BCUT2D eigenvalue weighted by molar-refractivity contribution is 0.0745. The number of fused-ring (bicyclic) bond motifs is 1. The predicted octanol–water partition coefficient (Wildman–Crippen LogP) is 2.06. The number of ketones is 1. The summed E-state index contributed by atoms with van der Waals surface area (Å²) < 4.78 is 1.25. The van der Waals surface area contributed by atoms with E-state index in [1.807, 2.05) is 23.1 Å². The normalized spacial score (nSPS) is 15.9. The predicted molar refractivity (Wildman–Crippen MR) is 127 cm³/mol. The van der Waals surface area contributed by atoms with E-state index in [0.717, 1.165) is 0 Å². The van der Waals surface area contributed by atoms with Crippen molar-refractivity contribution in [2.24, 2.45) is 0 Å². The van der Waals surface area contributed by atoms with Crippen LogP contribution in [0.15, 0.2) is 52.2 Å². The van der Waals surface area contributed by atoms with Gasteiger partial charge in [0.25, 0.3) is 17.0 Å². The molecular weight excluding hydrogens is 458 g/mol. The van der Waals surface area contributed by atoms with E-state index in [-0.39, 0.29) is 16.4 Å². The van der Waals surface area contributed by atoms with Crippen LogP contribution in [0, 0.1) is 0 Å². The Labute approximate surface area is 199 Å². The van der Waals surface area contributed by atoms with Gasteiger partial charge in [-0.1, -0.05) is 29.8 Å². The van der Waals surface area contributed by atoms with Crippen LogP contribution in [0.2, 0.25) is 5.02 Å². The van der Waals surface area contributed by atoms with Gasteiger partial charge in [-0.3, -0.25) is 19.2 Å². The average molecular weight is 480 g/mol. The molecule has 174 valence electrons. The fourth-order valence-electron chi connectivity index (χ4n) is 4.45. The summed E-state index contributed by atoms with van der Waals surface area (Å²) >= 11 is 6.41. The number of piperazine rings is 1. The smallest absolute Gasteiger partial charge is 0.292 e. The molecule has 9 nitrogen and oxygen atoms in total. The van der Waals surface area contributed by atoms with Gasteiger partial charge in [-0.2, -0.15) is 9.78 Å². The third-order valence-corrected chi connectivity index (χ3v) is 6.65. The van der Waals surface area contributed by atoms with Gasteiger partial charge < -0.3 is 14.8 Å². The van der Waals surface area contributed by atoms with Crippen LogP contribution in [0.25, 0.3) is 5.69 Å². The van der Waals surface area contributed by atoms with Gasteiger partial charge in [0.15, 0.2) is 5.78 Å². The van der Waals surface area contributed by atoms with E-state index in [2.05, 4.69) is 10.1 Å². The molecule has 0 spiro atoms. The van der Waals surface area contributed by atoms with E-state index in [1.54, 1.807) is 23.2 Å². The zero-order valence-corrected chi connectivity index (χ0v) is 19.0. The number of amides is 1. The number of hydrogen-bond acceptors (Lipinski definition) is 6. The topological polar surface area (TPSA) is 108 Å². The van der Waals surface area contributed by atoms with Crippen LogP contribution in [-0.4, -0.2) is 57.5 Å². The van der Waals surface area contributed by atoms with Crippen LogP contribution in [0.4, 0.5) is 5.69 Å². The van der Waals surface area contributed by atoms with Crippen LogP contribution in [-0.2, 0) is 6.42 Å². The Kier molecular flexibility index (Phi) is 5.79. The van der Waals surface area contributed by atoms with Crippen molar-refractivity contribution in [2.75, 3.05) is 31.1 Å². The number of aryl methyl sites for hydroxylation is 1. The van der Waals surface area contributed by atoms with E-state index in [1.165, 1.54) is 10.7 Å². The van der Waals surface area contributed by atoms with Crippen LogP contribution in [0.5, 0.6) is 0 Å². The monoisotopic (exact) mass is 479 g/mol. The van der Waals surface area contributed by atoms with Crippen molar-refractivity contribution in [3.63, 3.8) is 0 Å². The molecule has 10 heteroatoms. The molecule has 1 aromatic carbocycles. The van der Waals surface area contributed by atoms with Gasteiger partial charge in [0.1, 0.15) is 10.6 Å². The number of carbonyl (C=O) groups excluding carboxylic acids is 2. The summed E-state index contributed by atoms with van der Waals surface area (Å²) in [6.07, 6.45) is 3.29. The third-order valence-electron chi connectivity index (χ3n) is 6.29. The maximum Gasteiger partial charge on any atom is 0.292 e. The molecular formula is C24H22ClN5O4. The second kappa shape index (κ2) is 8.90. The quantitative estimate of drug-likeness (QED) is 0.616. The highest BCUT2D eigenvalue weighted by atomic mass is 35.5. The first-order valence-corrected chi connectivity index (χ1v) is 11.5. The minimum Gasteiger partial charge on any atom is -0.365 e. The highest BCUT2D eigenvalue weighted by molar-refractivity contribution is 6.33. The number of aromatic amines is 1. The Morgan fingerprint density at radius 2 is 1.74 bits per heavy atom. The summed E-state index contributed by atoms with van der Waals surface area (Å²) in [5, 5.41) is 4.32. The molecule has 0 radical (unpaired) electrons. The first-order valence-electron chi connectivity index (χ1n) is 11.1. The molecule has 1 fully saturated rings. The second-order valence-corrected chi connectivity index (χ2v) is 8.73. The zero-order valence-electron chi connectivity index (χ0n) is 18.3. The van der Waals surface area contributed by atoms with Crippen LogP contribution < -0.4 is 16.0 Å². The van der Waals surface area contributed by atoms with Crippen LogP contribution in [0.1, 0.15) is 39.3 Å². The molecule has 3 aromatic rings. The number of nitrogens with zero attached hydrogens (tertiary/aromatic N) is 4. The third kappa shape index (κ3) is 3.92. The summed E-state index contributed by atoms with van der Waals surface area (Å²) in [4.78, 5) is 56.8. The Balaban J connectivity index is 1.33. The Bertz CT molecular complexity index is 1390. The van der Waals surface area contributed by atoms with Gasteiger partial charge in [-0.15, -0.1) is 0 Å². The number of para-hydroxylation sites is 1. The number of Topliss-reactive ketones (excluding diaryl/α,β-unsaturated/α-hetero) is 1. The molecule has 1 saturated heterocycles. The molecule has 1 aliphatic carbocycles. The summed E-state index contributed by atoms with van der Waals surface area (Å²) in [6.45, 7) is 1.51. The van der Waals surface area contributed by atoms with Crippen LogP contribution in [0.3, 0.4) is 0 Å². The molecule has 0 atom stereocenters. The molecule has 1 aliphatic heterocycles. The maximum absolute atomic E-state index is 13.1. The second-order valence-electron chi connectivity index (χ2n) is 8.36. The first-order chi connectivity index (χ1) is 16.4. The van der Waals surface area contributed by atoms with Gasteiger partial charge in [0.05, 0.1) is 17.6 Å². The van der Waals surface area contributed by atoms with Crippen LogP contribution >= 0.6 is 11.6 Å². The van der Waals surface area contributed by atoms with Gasteiger partial charge in [-0.05, 0) is 31.0 Å². The number of halogens is 1. The van der Waals surface area contributed by atoms with E-state index in [0.29, 0.717) is 68.1 Å². The molecule has 5 rings (SSSR count). The molecule has 2 aliphatic rings. The van der Waals surface area contributed by atoms with Crippen molar-refractivity contribution < 1.29 is 9.59 Å². The maximum atomic E-state index is 13.1. The number of anilines is 1. The van der Waals surface area contributed by atoms with E-state index in [4.69, 9.17) is 11.6 Å². The minimum atomic E-state index is -0.474. The number of nitrogens with one attached hydrogen (secondary N) is 1. The van der Waals surface area contributed by atoms with Crippen molar-refractivity contribution >= 4 is 29.0 Å². The molecule has 34 heavy (non-hydrogen) atoms. The van der Waals surface area contributed by atoms with Crippen molar-refractivity contribution in [3.05, 3.63) is 85.1 Å². The highest BCUT2D eigenvalue weighted by Crippen LogP contribution is 2.24. The SMILES string of the molecule is O=C1CCCc2[nH]c(=O)c(C(=O)N3CCN(c4cnn(-c5ccccc5)c(=O)c4Cl)CC3)cc21. The van der Waals surface area contributed by atoms with Gasteiger partial charge >= 0.3 is 0 Å². The Hall–Kier alpha value is -3.72. The molecule has 1 amide bonds. The fraction of sp³-hybridized carbons (Fsp3) is 0.292. The first kappa shape index (κ1) is 22.1. The molecule has 0 unspecified atom stereocenters. The summed E-state index contributed by atoms with van der Waals surface area (Å²) in [5.41, 5.74) is 1.24. The number of rotatable bonds is 3. The zero-order chi connectivity index (χ0) is 23.8. The molecule has 3 heterocycles. The molecule has 0 saturated carbocycles. The lowest BCUT2D eigenvalue weighted by atomic mass is 9.93. The molecule has 2 aromatic heterocycles. The minimum absolute atomic E-state index is 0.0207. The fourth-order valence-corrected chi connectivity index (χ4v) is 4.70. The highest BCUT2D eigenvalue weighted by Gasteiger charge is 2.28. The molecule has 1 N–H and O–H groups in total. The lowest BCUT2D eigenvalue weighted by Gasteiger charge is -2.36. The van der Waals surface area contributed by atoms with E-state index in [9.17, 15) is 19.2 Å². The number of pyridine rings is 1. The van der Waals surface area contributed by atoms with Gasteiger partial charge in [0, 0.05) is 43.9 Å². The summed E-state index contributed by atoms with van der Waals surface area (Å²) in [6, 6.07) is 10.4. The van der Waals surface area contributed by atoms with Crippen molar-refractivity contribution in [2.45, 2.75) is 19.3 Å². The van der Waals surface area contributed by atoms with Crippen molar-refractivity contribution in [1.82, 2.24) is 19.7 Å². The summed E-state index contributed by atoms with van der Waals surface area (Å²) in [7, 11) is 0. The largest absolute Gasteiger partial charge is 0.365 e. The number of H-pyrrole nitrogens is 1. The number of hydrogen-bond donors (Lipinski definition) is 1. The number of carbonyl (C=O) groups is 2. The number of aromatic nitrogens is 3. The summed E-state index contributed by atoms with van der Waals surface area (Å²) in [5.74, 6) is -0.463. The van der Waals surface area contributed by atoms with Crippen molar-refractivity contribution in [3.8, 4) is 5.69 Å². The Morgan fingerprint density at radius 3 is 2.47 bits per heavy atom. The van der Waals surface area contributed by atoms with Gasteiger partial charge in [0.2, 0.25) is 0 Å². The lowest BCUT2D eigenvalue weighted by Crippen LogP contribution is -2.50. The van der Waals surface area contributed by atoms with Gasteiger partial charge in [-0.25, -0.2) is 0 Å². The molecule has 0 bridgehead atoms. The van der Waals surface area contributed by atoms with E-state index >= 15 is 0 Å². The standard InChI is InChI=1S/C24H22ClN5O4/c25-21-19(14-26-30(24(21)34)15-5-2-1-3-6-15)28-9-11-29(12-10-28)23(33)17-13-16-18(27-22(17)32)7-4-8-20(16)31/h1-3,5-6,13-14H,4,7-12H2,(H,27,32). The number of benzene rings is 1. The van der Waals surface area contributed by atoms with E-state index < -0.39 is 17.0 Å². The van der Waals surface area contributed by atoms with Crippen molar-refractivity contribution in [1.29, 1.82) is 0 Å². The Morgan fingerprint density at radius 1 is 1.00 bits per heavy atom.